The molecule has 0 saturated carbocycles. The highest BCUT2D eigenvalue weighted by atomic mass is 16.5. The summed E-state index contributed by atoms with van der Waals surface area (Å²) in [5.74, 6) is -0.864. The second kappa shape index (κ2) is 8.59. The number of ether oxygens (including phenoxy) is 1. The van der Waals surface area contributed by atoms with E-state index >= 15 is 0 Å². The molecule has 0 aliphatic rings. The fourth-order valence-electron chi connectivity index (χ4n) is 1.80. The molecule has 0 bridgehead atoms. The van der Waals surface area contributed by atoms with Gasteiger partial charge in [-0.3, -0.25) is 4.79 Å². The van der Waals surface area contributed by atoms with E-state index in [1.165, 1.54) is 31.4 Å². The number of aromatic hydroxyl groups is 1. The Labute approximate surface area is 123 Å². The molecule has 112 valence electrons. The van der Waals surface area contributed by atoms with Crippen LogP contribution in [-0.4, -0.2) is 30.1 Å². The van der Waals surface area contributed by atoms with Crippen LogP contribution in [0.5, 0.6) is 5.75 Å². The van der Waals surface area contributed by atoms with Crippen LogP contribution in [0.2, 0.25) is 0 Å². The van der Waals surface area contributed by atoms with Crippen molar-refractivity contribution in [1.29, 1.82) is 5.26 Å². The quantitative estimate of drug-likeness (QED) is 0.588. The summed E-state index contributed by atoms with van der Waals surface area (Å²) >= 11 is 0. The van der Waals surface area contributed by atoms with Crippen LogP contribution < -0.4 is 5.32 Å². The fourth-order valence-corrected chi connectivity index (χ4v) is 1.80. The van der Waals surface area contributed by atoms with Crippen LogP contribution in [-0.2, 0) is 9.53 Å². The molecule has 1 amide bonds. The maximum absolute atomic E-state index is 12.0. The van der Waals surface area contributed by atoms with Crippen molar-refractivity contribution in [1.82, 2.24) is 5.32 Å². The molecule has 1 aromatic rings. The molecule has 0 radical (unpaired) electrons. The minimum atomic E-state index is -0.741. The molecule has 6 heteroatoms. The van der Waals surface area contributed by atoms with Gasteiger partial charge in [0.2, 0.25) is 0 Å². The normalized spacial score (nSPS) is 11.2. The van der Waals surface area contributed by atoms with E-state index in [4.69, 9.17) is 5.26 Å². The molecule has 0 fully saturated rings. The van der Waals surface area contributed by atoms with Crippen LogP contribution >= 0.6 is 0 Å². The summed E-state index contributed by atoms with van der Waals surface area (Å²) in [6, 6.07) is 7.02. The minimum Gasteiger partial charge on any atom is -0.508 e. The molecule has 6 nitrogen and oxygen atoms in total. The average Bonchev–Trinajstić information content (AvgIpc) is 2.50. The number of esters is 1. The third-order valence-corrected chi connectivity index (χ3v) is 2.95. The molecule has 0 heterocycles. The smallest absolute Gasteiger partial charge is 0.328 e. The lowest BCUT2D eigenvalue weighted by Gasteiger charge is -2.16. The lowest BCUT2D eigenvalue weighted by Crippen LogP contribution is -2.41. The van der Waals surface area contributed by atoms with Gasteiger partial charge in [-0.1, -0.05) is 0 Å². The van der Waals surface area contributed by atoms with Gasteiger partial charge in [-0.15, -0.1) is 0 Å². The van der Waals surface area contributed by atoms with Crippen molar-refractivity contribution in [3.8, 4) is 11.8 Å². The van der Waals surface area contributed by atoms with E-state index in [2.05, 4.69) is 10.1 Å². The number of hydrogen-bond donors (Lipinski definition) is 2. The SMILES string of the molecule is COC(=O)[C@@H](CCCCC#N)NC(=O)c1ccc(O)cc1. The Balaban J connectivity index is 2.63. The highest BCUT2D eigenvalue weighted by Crippen LogP contribution is 2.11. The van der Waals surface area contributed by atoms with Gasteiger partial charge in [-0.25, -0.2) is 4.79 Å². The van der Waals surface area contributed by atoms with Crippen LogP contribution in [0.15, 0.2) is 24.3 Å². The summed E-state index contributed by atoms with van der Waals surface area (Å²) in [6.45, 7) is 0. The van der Waals surface area contributed by atoms with Gasteiger partial charge >= 0.3 is 5.97 Å². The number of phenolic OH excluding ortho intramolecular Hbond substituents is 1. The predicted octanol–water partition coefficient (Wildman–Crippen LogP) is 1.75. The molecule has 0 aromatic heterocycles. The van der Waals surface area contributed by atoms with Gasteiger partial charge in [0.05, 0.1) is 13.2 Å². The number of carbonyl (C=O) groups is 2. The third kappa shape index (κ3) is 5.53. The van der Waals surface area contributed by atoms with Crippen LogP contribution in [0, 0.1) is 11.3 Å². The molecule has 21 heavy (non-hydrogen) atoms. The Kier molecular flexibility index (Phi) is 6.75. The monoisotopic (exact) mass is 290 g/mol. The second-order valence-corrected chi connectivity index (χ2v) is 4.50. The maximum atomic E-state index is 12.0. The molecule has 0 saturated heterocycles. The first-order valence-corrected chi connectivity index (χ1v) is 6.63. The summed E-state index contributed by atoms with van der Waals surface area (Å²) in [5.41, 5.74) is 0.346. The first-order valence-electron chi connectivity index (χ1n) is 6.63. The molecule has 1 atom stereocenters. The number of benzene rings is 1. The molecule has 0 aliphatic carbocycles. The zero-order valence-corrected chi connectivity index (χ0v) is 11.8. The molecule has 0 aliphatic heterocycles. The van der Waals surface area contributed by atoms with Gasteiger partial charge in [0, 0.05) is 12.0 Å². The number of rotatable bonds is 7. The van der Waals surface area contributed by atoms with E-state index in [0.29, 0.717) is 31.2 Å². The number of nitrogens with zero attached hydrogens (tertiary/aromatic N) is 1. The summed E-state index contributed by atoms with van der Waals surface area (Å²) in [4.78, 5) is 23.7. The van der Waals surface area contributed by atoms with Crippen LogP contribution in [0.25, 0.3) is 0 Å². The molecule has 2 N–H and O–H groups in total. The first kappa shape index (κ1) is 16.5. The van der Waals surface area contributed by atoms with Crippen LogP contribution in [0.1, 0.15) is 36.0 Å². The zero-order valence-electron chi connectivity index (χ0n) is 11.8. The Morgan fingerprint density at radius 1 is 1.33 bits per heavy atom. The average molecular weight is 290 g/mol. The minimum absolute atomic E-state index is 0.0626. The number of methoxy groups -OCH3 is 1. The first-order chi connectivity index (χ1) is 10.1. The molecule has 1 aromatic carbocycles. The summed E-state index contributed by atoms with van der Waals surface area (Å²) in [6.07, 6.45) is 2.14. The Morgan fingerprint density at radius 2 is 2.00 bits per heavy atom. The topological polar surface area (TPSA) is 99.4 Å². The van der Waals surface area contributed by atoms with Crippen molar-refractivity contribution in [2.75, 3.05) is 7.11 Å². The number of phenols is 1. The van der Waals surface area contributed by atoms with Gasteiger partial charge < -0.3 is 15.2 Å². The predicted molar refractivity (Wildman–Crippen MR) is 75.5 cm³/mol. The van der Waals surface area contributed by atoms with E-state index in [1.54, 1.807) is 0 Å². The second-order valence-electron chi connectivity index (χ2n) is 4.50. The number of nitriles is 1. The fraction of sp³-hybridized carbons (Fsp3) is 0.400. The van der Waals surface area contributed by atoms with Crippen molar-refractivity contribution in [2.24, 2.45) is 0 Å². The molecule has 1 rings (SSSR count). The molecular weight excluding hydrogens is 272 g/mol. The third-order valence-electron chi connectivity index (χ3n) is 2.95. The zero-order chi connectivity index (χ0) is 15.7. The Bertz CT molecular complexity index is 519. The lowest BCUT2D eigenvalue weighted by molar-refractivity contribution is -0.143. The van der Waals surface area contributed by atoms with Gasteiger partial charge in [0.25, 0.3) is 5.91 Å². The van der Waals surface area contributed by atoms with Crippen molar-refractivity contribution >= 4 is 11.9 Å². The van der Waals surface area contributed by atoms with E-state index < -0.39 is 17.9 Å². The van der Waals surface area contributed by atoms with Crippen molar-refractivity contribution in [3.05, 3.63) is 29.8 Å². The number of hydrogen-bond acceptors (Lipinski definition) is 5. The summed E-state index contributed by atoms with van der Waals surface area (Å²) in [5, 5.41) is 20.3. The molecule has 0 unspecified atom stereocenters. The van der Waals surface area contributed by atoms with E-state index in [0.717, 1.165) is 0 Å². The summed E-state index contributed by atoms with van der Waals surface area (Å²) < 4.78 is 4.67. The lowest BCUT2D eigenvalue weighted by atomic mass is 10.1. The maximum Gasteiger partial charge on any atom is 0.328 e. The largest absolute Gasteiger partial charge is 0.508 e. The summed E-state index contributed by atoms with van der Waals surface area (Å²) in [7, 11) is 1.26. The highest BCUT2D eigenvalue weighted by molar-refractivity contribution is 5.96. The van der Waals surface area contributed by atoms with Crippen molar-refractivity contribution in [2.45, 2.75) is 31.7 Å². The van der Waals surface area contributed by atoms with E-state index in [-0.39, 0.29) is 5.75 Å². The van der Waals surface area contributed by atoms with Crippen LogP contribution in [0.4, 0.5) is 0 Å². The Morgan fingerprint density at radius 3 is 2.57 bits per heavy atom. The standard InChI is InChI=1S/C15H18N2O4/c1-21-15(20)13(5-3-2-4-10-16)17-14(19)11-6-8-12(18)9-7-11/h6-9,13,18H,2-5H2,1H3,(H,17,19)/t13-/m1/s1. The number of amides is 1. The van der Waals surface area contributed by atoms with Crippen molar-refractivity contribution in [3.63, 3.8) is 0 Å². The Hall–Kier alpha value is -2.55. The van der Waals surface area contributed by atoms with Gasteiger partial charge in [-0.2, -0.15) is 5.26 Å². The van der Waals surface area contributed by atoms with Gasteiger partial charge in [0.1, 0.15) is 11.8 Å². The van der Waals surface area contributed by atoms with Crippen molar-refractivity contribution < 1.29 is 19.4 Å². The van der Waals surface area contributed by atoms with Crippen LogP contribution in [0.3, 0.4) is 0 Å². The number of carbonyl (C=O) groups excluding carboxylic acids is 2. The number of nitrogens with one attached hydrogen (secondary N) is 1. The van der Waals surface area contributed by atoms with Gasteiger partial charge in [0.15, 0.2) is 0 Å². The van der Waals surface area contributed by atoms with Gasteiger partial charge in [-0.05, 0) is 43.5 Å². The van der Waals surface area contributed by atoms with E-state index in [1.807, 2.05) is 6.07 Å². The van der Waals surface area contributed by atoms with E-state index in [9.17, 15) is 14.7 Å². The number of unbranched alkanes of at least 4 members (excludes halogenated alkanes) is 2. The molecule has 0 spiro atoms. The highest BCUT2D eigenvalue weighted by Gasteiger charge is 2.21. The molecular formula is C15H18N2O4.